The fraction of sp³-hybridized carbons (Fsp3) is 0.150. The lowest BCUT2D eigenvalue weighted by molar-refractivity contribution is -0.687. The lowest BCUT2D eigenvalue weighted by Gasteiger charge is -2.13. The number of halogens is 6. The smallest absolute Gasteiger partial charge is 0.417 e. The van der Waals surface area contributed by atoms with E-state index >= 15 is 0 Å². The van der Waals surface area contributed by atoms with Gasteiger partial charge in [0, 0.05) is 16.7 Å². The van der Waals surface area contributed by atoms with Crippen molar-refractivity contribution >= 4 is 21.7 Å². The maximum absolute atomic E-state index is 14.0. The van der Waals surface area contributed by atoms with Crippen molar-refractivity contribution in [2.45, 2.75) is 19.3 Å². The van der Waals surface area contributed by atoms with Gasteiger partial charge in [0.1, 0.15) is 12.3 Å². The van der Waals surface area contributed by atoms with E-state index in [-0.39, 0.29) is 35.2 Å². The van der Waals surface area contributed by atoms with Crippen LogP contribution in [-0.2, 0) is 19.3 Å². The predicted molar refractivity (Wildman–Crippen MR) is 103 cm³/mol. The molecule has 0 fully saturated rings. The third-order valence-electron chi connectivity index (χ3n) is 4.01. The molecule has 2 heterocycles. The number of imidazole rings is 1. The van der Waals surface area contributed by atoms with E-state index in [0.29, 0.717) is 6.07 Å². The van der Waals surface area contributed by atoms with Gasteiger partial charge in [0.15, 0.2) is 12.7 Å². The van der Waals surface area contributed by atoms with E-state index in [0.717, 1.165) is 21.4 Å². The molecule has 0 aliphatic rings. The Labute approximate surface area is 193 Å². The second kappa shape index (κ2) is 10.2. The lowest BCUT2D eigenvalue weighted by atomic mass is 10.1. The first kappa shape index (κ1) is 24.7. The van der Waals surface area contributed by atoms with E-state index in [4.69, 9.17) is 4.74 Å². The third-order valence-corrected chi connectivity index (χ3v) is 4.54. The summed E-state index contributed by atoms with van der Waals surface area (Å²) in [5.74, 6) is -1.75. The van der Waals surface area contributed by atoms with Crippen molar-refractivity contribution in [2.75, 3.05) is 0 Å². The van der Waals surface area contributed by atoms with E-state index in [1.807, 2.05) is 0 Å². The van der Waals surface area contributed by atoms with Crippen LogP contribution >= 0.6 is 15.9 Å². The van der Waals surface area contributed by atoms with E-state index in [1.165, 1.54) is 17.0 Å². The summed E-state index contributed by atoms with van der Waals surface area (Å²) >= 11 is 3.24. The number of nitrogens with zero attached hydrogens (tertiary/aromatic N) is 3. The standard InChI is InChI=1S/C20H15BrF4N3O2.BrH/c1-2-7-27-11-18(22)28(12-27)10-17(29)15-9-26-19(8-16(15)20(23,24)25)30-14-5-3-13(21)4-6-14;/h2-6,8-9,11-12H,1,7,10H2;1H/q+1;/p-1. The zero-order valence-corrected chi connectivity index (χ0v) is 18.9. The lowest BCUT2D eigenvalue weighted by Crippen LogP contribution is -3.00. The summed E-state index contributed by atoms with van der Waals surface area (Å²) in [6.07, 6.45) is -0.128. The number of aromatic nitrogens is 3. The van der Waals surface area contributed by atoms with Crippen molar-refractivity contribution in [3.05, 3.63) is 83.3 Å². The monoisotopic (exact) mass is 563 g/mol. The van der Waals surface area contributed by atoms with Gasteiger partial charge < -0.3 is 21.7 Å². The average Bonchev–Trinajstić information content (AvgIpc) is 3.02. The Morgan fingerprint density at radius 2 is 1.97 bits per heavy atom. The Bertz CT molecular complexity index is 1080. The highest BCUT2D eigenvalue weighted by Crippen LogP contribution is 2.35. The number of rotatable bonds is 7. The zero-order chi connectivity index (χ0) is 21.9. The molecule has 0 atom stereocenters. The van der Waals surface area contributed by atoms with Gasteiger partial charge in [-0.1, -0.05) is 28.6 Å². The predicted octanol–water partition coefficient (Wildman–Crippen LogP) is 1.96. The molecule has 31 heavy (non-hydrogen) atoms. The zero-order valence-electron chi connectivity index (χ0n) is 15.7. The Hall–Kier alpha value is -2.53. The molecule has 0 saturated heterocycles. The molecular weight excluding hydrogens is 550 g/mol. The summed E-state index contributed by atoms with van der Waals surface area (Å²) < 4.78 is 63.1. The van der Waals surface area contributed by atoms with Gasteiger partial charge in [-0.15, -0.1) is 0 Å². The summed E-state index contributed by atoms with van der Waals surface area (Å²) in [5, 5.41) is 0. The van der Waals surface area contributed by atoms with Crippen LogP contribution < -0.4 is 26.3 Å². The Morgan fingerprint density at radius 1 is 1.29 bits per heavy atom. The molecule has 5 nitrogen and oxygen atoms in total. The fourth-order valence-electron chi connectivity index (χ4n) is 2.66. The summed E-state index contributed by atoms with van der Waals surface area (Å²) in [6.45, 7) is 3.19. The second-order valence-electron chi connectivity index (χ2n) is 6.23. The highest BCUT2D eigenvalue weighted by Gasteiger charge is 2.37. The quantitative estimate of drug-likeness (QED) is 0.191. The molecule has 164 valence electrons. The fourth-order valence-corrected chi connectivity index (χ4v) is 2.92. The Kier molecular flexibility index (Phi) is 8.13. The average molecular weight is 565 g/mol. The van der Waals surface area contributed by atoms with Crippen molar-refractivity contribution in [2.24, 2.45) is 0 Å². The van der Waals surface area contributed by atoms with Gasteiger partial charge >= 0.3 is 12.1 Å². The van der Waals surface area contributed by atoms with Crippen LogP contribution in [0.4, 0.5) is 17.6 Å². The van der Waals surface area contributed by atoms with E-state index in [1.54, 1.807) is 24.3 Å². The number of ether oxygens (including phenoxy) is 1. The largest absolute Gasteiger partial charge is 1.00 e. The SMILES string of the molecule is C=CC[n+]1cc(F)n(CC(=O)c2cnc(Oc3ccc(Br)cc3)cc2C(F)(F)F)c1.[Br-]. The molecule has 0 amide bonds. The number of carbonyl (C=O) groups is 1. The first-order chi connectivity index (χ1) is 14.2. The van der Waals surface area contributed by atoms with Crippen LogP contribution in [0.3, 0.4) is 0 Å². The Morgan fingerprint density at radius 3 is 2.58 bits per heavy atom. The number of hydrogen-bond donors (Lipinski definition) is 0. The highest BCUT2D eigenvalue weighted by molar-refractivity contribution is 9.10. The van der Waals surface area contributed by atoms with Crippen LogP contribution in [0.5, 0.6) is 11.6 Å². The van der Waals surface area contributed by atoms with Gasteiger partial charge in [0.05, 0.1) is 11.1 Å². The molecule has 3 rings (SSSR count). The minimum atomic E-state index is -4.83. The summed E-state index contributed by atoms with van der Waals surface area (Å²) in [4.78, 5) is 16.3. The second-order valence-corrected chi connectivity index (χ2v) is 7.14. The molecule has 0 aliphatic carbocycles. The van der Waals surface area contributed by atoms with Crippen LogP contribution in [0.2, 0.25) is 0 Å². The number of alkyl halides is 3. The number of hydrogen-bond acceptors (Lipinski definition) is 3. The molecule has 0 N–H and O–H groups in total. The van der Waals surface area contributed by atoms with E-state index in [9.17, 15) is 22.4 Å². The summed E-state index contributed by atoms with van der Waals surface area (Å²) in [7, 11) is 0. The number of benzene rings is 1. The van der Waals surface area contributed by atoms with Gasteiger partial charge in [-0.2, -0.15) is 22.1 Å². The molecular formula is C20H15Br2F4N3O2. The minimum Gasteiger partial charge on any atom is -1.00 e. The molecule has 0 radical (unpaired) electrons. The first-order valence-corrected chi connectivity index (χ1v) is 9.36. The van der Waals surface area contributed by atoms with Gasteiger partial charge in [-0.05, 0) is 24.3 Å². The molecule has 1 aromatic carbocycles. The maximum Gasteiger partial charge on any atom is 0.417 e. The highest BCUT2D eigenvalue weighted by atomic mass is 79.9. The maximum atomic E-state index is 14.0. The van der Waals surface area contributed by atoms with Gasteiger partial charge in [-0.3, -0.25) is 4.79 Å². The van der Waals surface area contributed by atoms with Crippen LogP contribution in [0, 0.1) is 5.95 Å². The molecule has 11 heteroatoms. The number of ketones is 1. The number of pyridine rings is 1. The Balaban J connectivity index is 0.00000341. The van der Waals surface area contributed by atoms with Crippen molar-refractivity contribution in [3.8, 4) is 11.6 Å². The van der Waals surface area contributed by atoms with E-state index in [2.05, 4.69) is 27.5 Å². The topological polar surface area (TPSA) is 48.0 Å². The summed E-state index contributed by atoms with van der Waals surface area (Å²) in [5.41, 5.74) is -1.88. The van der Waals surface area contributed by atoms with Crippen LogP contribution in [0.15, 0.2) is 66.2 Å². The van der Waals surface area contributed by atoms with Crippen LogP contribution in [0.25, 0.3) is 0 Å². The molecule has 0 aliphatic heterocycles. The van der Waals surface area contributed by atoms with Crippen LogP contribution in [0.1, 0.15) is 15.9 Å². The molecule has 3 aromatic rings. The molecule has 0 saturated carbocycles. The molecule has 0 bridgehead atoms. The van der Waals surface area contributed by atoms with Gasteiger partial charge in [0.2, 0.25) is 18.0 Å². The molecule has 0 unspecified atom stereocenters. The van der Waals surface area contributed by atoms with Crippen molar-refractivity contribution in [1.29, 1.82) is 0 Å². The first-order valence-electron chi connectivity index (χ1n) is 8.57. The third kappa shape index (κ3) is 6.23. The number of Topliss-reactive ketones (excluding diaryl/α,β-unsaturated/α-hetero) is 1. The number of allylic oxidation sites excluding steroid dienone is 1. The van der Waals surface area contributed by atoms with Crippen molar-refractivity contribution in [3.63, 3.8) is 0 Å². The molecule has 2 aromatic heterocycles. The molecule has 0 spiro atoms. The van der Waals surface area contributed by atoms with Gasteiger partial charge in [0.25, 0.3) is 0 Å². The minimum absolute atomic E-state index is 0. The number of carbonyl (C=O) groups excluding carboxylic acids is 1. The summed E-state index contributed by atoms with van der Waals surface area (Å²) in [6, 6.07) is 7.06. The van der Waals surface area contributed by atoms with Crippen molar-refractivity contribution in [1.82, 2.24) is 9.55 Å². The van der Waals surface area contributed by atoms with E-state index < -0.39 is 35.6 Å². The van der Waals surface area contributed by atoms with Crippen LogP contribution in [-0.4, -0.2) is 15.3 Å². The normalized spacial score (nSPS) is 11.0. The van der Waals surface area contributed by atoms with Crippen molar-refractivity contribution < 1.29 is 48.6 Å². The van der Waals surface area contributed by atoms with Gasteiger partial charge in [-0.25, -0.2) is 9.55 Å².